The first-order chi connectivity index (χ1) is 9.76. The number of carbonyl (C=O) groups is 1. The molecular formula is C15H23ClN2O3. The second kappa shape index (κ2) is 7.52. The topological polar surface area (TPSA) is 59.6 Å². The summed E-state index contributed by atoms with van der Waals surface area (Å²) >= 11 is 6.20. The van der Waals surface area contributed by atoms with Gasteiger partial charge in [-0.3, -0.25) is 4.79 Å². The lowest BCUT2D eigenvalue weighted by Gasteiger charge is -2.21. The fourth-order valence-electron chi connectivity index (χ4n) is 1.81. The molecule has 1 rings (SSSR count). The number of carbonyl (C=O) groups excluding carboxylic acids is 1. The van der Waals surface area contributed by atoms with Gasteiger partial charge < -0.3 is 20.1 Å². The molecule has 0 bridgehead atoms. The zero-order chi connectivity index (χ0) is 16.0. The van der Waals surface area contributed by atoms with Crippen LogP contribution in [0.3, 0.4) is 0 Å². The lowest BCUT2D eigenvalue weighted by atomic mass is 10.1. The minimum atomic E-state index is -0.301. The van der Waals surface area contributed by atoms with E-state index in [1.54, 1.807) is 6.07 Å². The van der Waals surface area contributed by atoms with Gasteiger partial charge in [-0.1, -0.05) is 11.6 Å². The first-order valence-electron chi connectivity index (χ1n) is 6.71. The molecule has 1 aromatic rings. The van der Waals surface area contributed by atoms with E-state index in [0.717, 1.165) is 5.56 Å². The van der Waals surface area contributed by atoms with E-state index in [-0.39, 0.29) is 18.1 Å². The smallest absolute Gasteiger partial charge is 0.258 e. The Labute approximate surface area is 131 Å². The van der Waals surface area contributed by atoms with Crippen molar-refractivity contribution in [1.82, 2.24) is 10.6 Å². The number of rotatable bonds is 6. The third-order valence-corrected chi connectivity index (χ3v) is 2.81. The Morgan fingerprint density at radius 1 is 1.33 bits per heavy atom. The van der Waals surface area contributed by atoms with Gasteiger partial charge in [-0.2, -0.15) is 0 Å². The largest absolute Gasteiger partial charge is 0.493 e. The summed E-state index contributed by atoms with van der Waals surface area (Å²) in [5.41, 5.74) is 0.677. The molecule has 0 aromatic heterocycles. The Hall–Kier alpha value is -1.46. The highest BCUT2D eigenvalue weighted by Crippen LogP contribution is 2.36. The number of amides is 1. The molecule has 0 aliphatic carbocycles. The maximum absolute atomic E-state index is 11.8. The van der Waals surface area contributed by atoms with Crippen LogP contribution >= 0.6 is 11.6 Å². The van der Waals surface area contributed by atoms with Gasteiger partial charge in [0, 0.05) is 12.1 Å². The van der Waals surface area contributed by atoms with Gasteiger partial charge in [0.1, 0.15) is 0 Å². The van der Waals surface area contributed by atoms with E-state index in [0.29, 0.717) is 23.1 Å². The van der Waals surface area contributed by atoms with Crippen LogP contribution in [0.25, 0.3) is 0 Å². The van der Waals surface area contributed by atoms with Gasteiger partial charge in [-0.05, 0) is 45.5 Å². The monoisotopic (exact) mass is 314 g/mol. The Morgan fingerprint density at radius 2 is 2.00 bits per heavy atom. The first-order valence-corrected chi connectivity index (χ1v) is 7.09. The molecule has 0 saturated heterocycles. The van der Waals surface area contributed by atoms with Crippen molar-refractivity contribution in [2.75, 3.05) is 20.8 Å². The molecule has 0 fully saturated rings. The Kier molecular flexibility index (Phi) is 6.30. The van der Waals surface area contributed by atoms with Crippen LogP contribution < -0.4 is 20.1 Å². The highest BCUT2D eigenvalue weighted by Gasteiger charge is 2.17. The quantitative estimate of drug-likeness (QED) is 0.846. The summed E-state index contributed by atoms with van der Waals surface area (Å²) in [6, 6.07) is 3.62. The first kappa shape index (κ1) is 17.6. The van der Waals surface area contributed by atoms with Crippen LogP contribution in [-0.2, 0) is 11.3 Å². The van der Waals surface area contributed by atoms with Crippen molar-refractivity contribution in [3.63, 3.8) is 0 Å². The van der Waals surface area contributed by atoms with Crippen LogP contribution in [0.15, 0.2) is 12.1 Å². The summed E-state index contributed by atoms with van der Waals surface area (Å²) in [7, 11) is 3.39. The minimum Gasteiger partial charge on any atom is -0.493 e. The molecule has 1 aromatic carbocycles. The Bertz CT molecular complexity index is 498. The summed E-state index contributed by atoms with van der Waals surface area (Å²) in [5.74, 6) is 0.680. The van der Waals surface area contributed by atoms with Crippen LogP contribution in [0.2, 0.25) is 5.02 Å². The Morgan fingerprint density at radius 3 is 2.52 bits per heavy atom. The third-order valence-electron chi connectivity index (χ3n) is 2.53. The summed E-state index contributed by atoms with van der Waals surface area (Å²) in [5, 5.41) is 6.28. The molecule has 1 amide bonds. The normalized spacial score (nSPS) is 11.1. The highest BCUT2D eigenvalue weighted by atomic mass is 35.5. The number of nitrogens with one attached hydrogen (secondary N) is 2. The van der Waals surface area contributed by atoms with Crippen molar-refractivity contribution in [3.05, 3.63) is 22.7 Å². The number of halogens is 1. The van der Waals surface area contributed by atoms with Crippen molar-refractivity contribution >= 4 is 17.5 Å². The highest BCUT2D eigenvalue weighted by molar-refractivity contribution is 6.32. The molecule has 0 atom stereocenters. The molecule has 0 saturated carbocycles. The van der Waals surface area contributed by atoms with Crippen LogP contribution in [0, 0.1) is 0 Å². The molecule has 118 valence electrons. The second-order valence-corrected chi connectivity index (χ2v) is 6.13. The number of ether oxygens (including phenoxy) is 2. The number of hydrogen-bond acceptors (Lipinski definition) is 4. The molecule has 0 unspecified atom stereocenters. The third kappa shape index (κ3) is 5.81. The van der Waals surface area contributed by atoms with Crippen molar-refractivity contribution < 1.29 is 14.3 Å². The zero-order valence-electron chi connectivity index (χ0n) is 13.2. The maximum atomic E-state index is 11.8. The van der Waals surface area contributed by atoms with Crippen LogP contribution in [-0.4, -0.2) is 32.2 Å². The zero-order valence-corrected chi connectivity index (χ0v) is 13.9. The molecule has 21 heavy (non-hydrogen) atoms. The second-order valence-electron chi connectivity index (χ2n) is 5.73. The molecule has 2 N–H and O–H groups in total. The molecule has 6 heteroatoms. The van der Waals surface area contributed by atoms with Gasteiger partial charge in [0.2, 0.25) is 0 Å². The lowest BCUT2D eigenvalue weighted by Crippen LogP contribution is -2.43. The summed E-state index contributed by atoms with van der Waals surface area (Å²) in [6.07, 6.45) is 0. The average Bonchev–Trinajstić information content (AvgIpc) is 2.35. The SMILES string of the molecule is CNCc1cc(Cl)c(OCC(=O)NC(C)(C)C)c(OC)c1. The van der Waals surface area contributed by atoms with Gasteiger partial charge >= 0.3 is 0 Å². The minimum absolute atomic E-state index is 0.112. The van der Waals surface area contributed by atoms with Crippen LogP contribution in [0.1, 0.15) is 26.3 Å². The van der Waals surface area contributed by atoms with Crippen molar-refractivity contribution in [2.45, 2.75) is 32.9 Å². The van der Waals surface area contributed by atoms with Gasteiger partial charge in [0.05, 0.1) is 12.1 Å². The van der Waals surface area contributed by atoms with Crippen LogP contribution in [0.4, 0.5) is 0 Å². The van der Waals surface area contributed by atoms with E-state index < -0.39 is 0 Å². The molecular weight excluding hydrogens is 292 g/mol. The van der Waals surface area contributed by atoms with E-state index in [2.05, 4.69) is 10.6 Å². The molecule has 5 nitrogen and oxygen atoms in total. The van der Waals surface area contributed by atoms with Gasteiger partial charge in [-0.25, -0.2) is 0 Å². The van der Waals surface area contributed by atoms with Crippen molar-refractivity contribution in [2.24, 2.45) is 0 Å². The standard InChI is InChI=1S/C15H23ClN2O3/c1-15(2,3)18-13(19)9-21-14-11(16)6-10(8-17-4)7-12(14)20-5/h6-7,17H,8-9H2,1-5H3,(H,18,19). The molecule has 0 spiro atoms. The van der Waals surface area contributed by atoms with Gasteiger partial charge in [-0.15, -0.1) is 0 Å². The van der Waals surface area contributed by atoms with E-state index in [1.807, 2.05) is 33.9 Å². The van der Waals surface area contributed by atoms with E-state index in [4.69, 9.17) is 21.1 Å². The predicted molar refractivity (Wildman–Crippen MR) is 84.2 cm³/mol. The molecule has 0 radical (unpaired) electrons. The van der Waals surface area contributed by atoms with Crippen LogP contribution in [0.5, 0.6) is 11.5 Å². The fourth-order valence-corrected chi connectivity index (χ4v) is 2.10. The summed E-state index contributed by atoms with van der Waals surface area (Å²) in [6.45, 7) is 6.28. The molecule has 0 aliphatic heterocycles. The van der Waals surface area contributed by atoms with Gasteiger partial charge in [0.15, 0.2) is 18.1 Å². The van der Waals surface area contributed by atoms with Crippen molar-refractivity contribution in [3.8, 4) is 11.5 Å². The maximum Gasteiger partial charge on any atom is 0.258 e. The van der Waals surface area contributed by atoms with E-state index in [1.165, 1.54) is 7.11 Å². The number of methoxy groups -OCH3 is 1. The fraction of sp³-hybridized carbons (Fsp3) is 0.533. The molecule has 0 heterocycles. The number of benzene rings is 1. The average molecular weight is 315 g/mol. The van der Waals surface area contributed by atoms with E-state index >= 15 is 0 Å². The van der Waals surface area contributed by atoms with Crippen molar-refractivity contribution in [1.29, 1.82) is 0 Å². The lowest BCUT2D eigenvalue weighted by molar-refractivity contribution is -0.124. The summed E-state index contributed by atoms with van der Waals surface area (Å²) < 4.78 is 10.8. The summed E-state index contributed by atoms with van der Waals surface area (Å²) in [4.78, 5) is 11.8. The van der Waals surface area contributed by atoms with E-state index in [9.17, 15) is 4.79 Å². The molecule has 0 aliphatic rings. The van der Waals surface area contributed by atoms with Gasteiger partial charge in [0.25, 0.3) is 5.91 Å². The predicted octanol–water partition coefficient (Wildman–Crippen LogP) is 2.36. The Balaban J connectivity index is 2.81. The number of hydrogen-bond donors (Lipinski definition) is 2.